The maximum absolute atomic E-state index is 12.3. The number of hydrogen-bond acceptors (Lipinski definition) is 4. The van der Waals surface area contributed by atoms with Gasteiger partial charge >= 0.3 is 0 Å². The summed E-state index contributed by atoms with van der Waals surface area (Å²) in [5.41, 5.74) is 1.85. The van der Waals surface area contributed by atoms with E-state index in [1.165, 1.54) is 0 Å². The molecule has 2 atom stereocenters. The molecule has 0 radical (unpaired) electrons. The van der Waals surface area contributed by atoms with Crippen LogP contribution in [-0.4, -0.2) is 40.6 Å². The molecular formula is C18H19N3O3. The van der Waals surface area contributed by atoms with Gasteiger partial charge in [-0.1, -0.05) is 0 Å². The fourth-order valence-electron chi connectivity index (χ4n) is 3.89. The van der Waals surface area contributed by atoms with E-state index in [1.54, 1.807) is 18.3 Å². The zero-order valence-electron chi connectivity index (χ0n) is 13.3. The Morgan fingerprint density at radius 1 is 1.21 bits per heavy atom. The van der Waals surface area contributed by atoms with Crippen molar-refractivity contribution in [1.82, 2.24) is 9.88 Å². The van der Waals surface area contributed by atoms with Gasteiger partial charge in [0.05, 0.1) is 0 Å². The molecule has 2 fully saturated rings. The third kappa shape index (κ3) is 2.84. The highest BCUT2D eigenvalue weighted by atomic mass is 16.2. The highest BCUT2D eigenvalue weighted by Crippen LogP contribution is 2.35. The molecule has 1 N–H and O–H groups in total. The number of rotatable bonds is 2. The molecule has 0 unspecified atom stereocenters. The lowest BCUT2D eigenvalue weighted by molar-refractivity contribution is -0.126. The van der Waals surface area contributed by atoms with Gasteiger partial charge in [-0.3, -0.25) is 14.4 Å². The molecule has 0 aromatic carbocycles. The van der Waals surface area contributed by atoms with Crippen molar-refractivity contribution in [3.8, 4) is 0 Å². The van der Waals surface area contributed by atoms with E-state index in [2.05, 4.69) is 10.3 Å². The summed E-state index contributed by atoms with van der Waals surface area (Å²) >= 11 is 0. The Balaban J connectivity index is 1.41. The summed E-state index contributed by atoms with van der Waals surface area (Å²) in [7, 11) is 0. The SMILES string of the molecule is O=C1C[C@@H]2CN(C(=O)C=Cc3cnc4c(c3)CCC(=O)N4)C[C@@H]2C1. The second kappa shape index (κ2) is 5.85. The van der Waals surface area contributed by atoms with Crippen LogP contribution in [0.15, 0.2) is 18.3 Å². The van der Waals surface area contributed by atoms with E-state index in [0.717, 1.165) is 11.1 Å². The molecule has 1 saturated heterocycles. The first kappa shape index (κ1) is 15.1. The Labute approximate surface area is 139 Å². The summed E-state index contributed by atoms with van der Waals surface area (Å²) in [4.78, 5) is 41.2. The van der Waals surface area contributed by atoms with Crippen molar-refractivity contribution in [1.29, 1.82) is 0 Å². The van der Waals surface area contributed by atoms with Crippen LogP contribution >= 0.6 is 0 Å². The van der Waals surface area contributed by atoms with Crippen LogP contribution in [0.1, 0.15) is 30.4 Å². The lowest BCUT2D eigenvalue weighted by Gasteiger charge is -2.16. The molecule has 1 aromatic rings. The van der Waals surface area contributed by atoms with Crippen LogP contribution in [0.5, 0.6) is 0 Å². The van der Waals surface area contributed by atoms with Crippen LogP contribution in [0.3, 0.4) is 0 Å². The number of hydrogen-bond donors (Lipinski definition) is 1. The Bertz CT molecular complexity index is 740. The van der Waals surface area contributed by atoms with E-state index in [4.69, 9.17) is 0 Å². The van der Waals surface area contributed by atoms with Gasteiger partial charge in [-0.15, -0.1) is 0 Å². The fourth-order valence-corrected chi connectivity index (χ4v) is 3.89. The average Bonchev–Trinajstić information content (AvgIpc) is 3.10. The predicted molar refractivity (Wildman–Crippen MR) is 88.0 cm³/mol. The fraction of sp³-hybridized carbons (Fsp3) is 0.444. The van der Waals surface area contributed by atoms with Gasteiger partial charge in [0, 0.05) is 44.6 Å². The largest absolute Gasteiger partial charge is 0.339 e. The van der Waals surface area contributed by atoms with Crippen LogP contribution in [0.4, 0.5) is 5.82 Å². The van der Waals surface area contributed by atoms with E-state index < -0.39 is 0 Å². The van der Waals surface area contributed by atoms with Crippen molar-refractivity contribution in [3.05, 3.63) is 29.5 Å². The molecule has 0 spiro atoms. The van der Waals surface area contributed by atoms with E-state index in [0.29, 0.717) is 62.2 Å². The van der Waals surface area contributed by atoms with E-state index >= 15 is 0 Å². The molecule has 1 saturated carbocycles. The summed E-state index contributed by atoms with van der Waals surface area (Å²) in [5.74, 6) is 1.63. The van der Waals surface area contributed by atoms with Crippen molar-refractivity contribution >= 4 is 29.5 Å². The summed E-state index contributed by atoms with van der Waals surface area (Å²) in [6.07, 6.45) is 7.39. The molecule has 6 heteroatoms. The van der Waals surface area contributed by atoms with Gasteiger partial charge in [-0.2, -0.15) is 0 Å². The number of fused-ring (bicyclic) bond motifs is 2. The summed E-state index contributed by atoms with van der Waals surface area (Å²) in [6, 6.07) is 1.96. The second-order valence-electron chi connectivity index (χ2n) is 6.87. The van der Waals surface area contributed by atoms with Crippen LogP contribution < -0.4 is 5.32 Å². The highest BCUT2D eigenvalue weighted by Gasteiger charge is 2.41. The molecule has 6 nitrogen and oxygen atoms in total. The molecule has 3 aliphatic rings. The van der Waals surface area contributed by atoms with Gasteiger partial charge in [0.1, 0.15) is 11.6 Å². The quantitative estimate of drug-likeness (QED) is 0.834. The number of carbonyl (C=O) groups excluding carboxylic acids is 3. The molecule has 24 heavy (non-hydrogen) atoms. The number of carbonyl (C=O) groups is 3. The highest BCUT2D eigenvalue weighted by molar-refractivity contribution is 5.94. The number of Topliss-reactive ketones (excluding diaryl/α,β-unsaturated/α-hetero) is 1. The maximum Gasteiger partial charge on any atom is 0.246 e. The van der Waals surface area contributed by atoms with Gasteiger partial charge in [0.25, 0.3) is 0 Å². The first-order valence-electron chi connectivity index (χ1n) is 8.36. The molecule has 1 aromatic heterocycles. The minimum Gasteiger partial charge on any atom is -0.339 e. The number of amides is 2. The summed E-state index contributed by atoms with van der Waals surface area (Å²) < 4.78 is 0. The number of ketones is 1. The van der Waals surface area contributed by atoms with Crippen molar-refractivity contribution in [2.75, 3.05) is 18.4 Å². The predicted octanol–water partition coefficient (Wildman–Crippen LogP) is 1.42. The topological polar surface area (TPSA) is 79.4 Å². The Morgan fingerprint density at radius 3 is 2.71 bits per heavy atom. The van der Waals surface area contributed by atoms with Gasteiger partial charge in [0.15, 0.2) is 0 Å². The molecule has 3 heterocycles. The molecular weight excluding hydrogens is 306 g/mol. The zero-order valence-corrected chi connectivity index (χ0v) is 13.3. The van der Waals surface area contributed by atoms with Crippen molar-refractivity contribution < 1.29 is 14.4 Å². The Kier molecular flexibility index (Phi) is 3.67. The van der Waals surface area contributed by atoms with E-state index in [-0.39, 0.29) is 11.8 Å². The molecule has 2 amide bonds. The van der Waals surface area contributed by atoms with Crippen molar-refractivity contribution in [2.24, 2.45) is 11.8 Å². The van der Waals surface area contributed by atoms with E-state index in [1.807, 2.05) is 11.0 Å². The van der Waals surface area contributed by atoms with Crippen molar-refractivity contribution in [3.63, 3.8) is 0 Å². The molecule has 2 aliphatic heterocycles. The summed E-state index contributed by atoms with van der Waals surface area (Å²) in [6.45, 7) is 1.38. The second-order valence-corrected chi connectivity index (χ2v) is 6.87. The number of aryl methyl sites for hydroxylation is 1. The van der Waals surface area contributed by atoms with Crippen LogP contribution in [0.2, 0.25) is 0 Å². The third-order valence-electron chi connectivity index (χ3n) is 5.15. The monoisotopic (exact) mass is 325 g/mol. The average molecular weight is 325 g/mol. The Hall–Kier alpha value is -2.50. The molecule has 1 aliphatic carbocycles. The maximum atomic E-state index is 12.3. The number of likely N-dealkylation sites (tertiary alicyclic amines) is 1. The van der Waals surface area contributed by atoms with Gasteiger partial charge < -0.3 is 10.2 Å². The van der Waals surface area contributed by atoms with Crippen LogP contribution in [-0.2, 0) is 20.8 Å². The molecule has 4 rings (SSSR count). The minimum absolute atomic E-state index is 0.00784. The van der Waals surface area contributed by atoms with Gasteiger partial charge in [-0.05, 0) is 41.5 Å². The van der Waals surface area contributed by atoms with Crippen molar-refractivity contribution in [2.45, 2.75) is 25.7 Å². The molecule has 124 valence electrons. The standard InChI is InChI=1S/C18H19N3O3/c22-15-6-13-9-21(10-14(13)7-15)17(24)4-1-11-5-12-2-3-16(23)20-18(12)19-8-11/h1,4-5,8,13-14H,2-3,6-7,9-10H2,(H,19,20,23)/t13-,14+. The lowest BCUT2D eigenvalue weighted by Crippen LogP contribution is -2.28. The zero-order chi connectivity index (χ0) is 16.7. The van der Waals surface area contributed by atoms with Crippen LogP contribution in [0, 0.1) is 11.8 Å². The number of anilines is 1. The van der Waals surface area contributed by atoms with E-state index in [9.17, 15) is 14.4 Å². The Morgan fingerprint density at radius 2 is 1.96 bits per heavy atom. The number of nitrogens with one attached hydrogen (secondary N) is 1. The summed E-state index contributed by atoms with van der Waals surface area (Å²) in [5, 5.41) is 2.75. The lowest BCUT2D eigenvalue weighted by atomic mass is 10.0. The first-order chi connectivity index (χ1) is 11.6. The molecule has 0 bridgehead atoms. The van der Waals surface area contributed by atoms with Gasteiger partial charge in [0.2, 0.25) is 11.8 Å². The van der Waals surface area contributed by atoms with Crippen LogP contribution in [0.25, 0.3) is 6.08 Å². The number of pyridine rings is 1. The third-order valence-corrected chi connectivity index (χ3v) is 5.15. The first-order valence-corrected chi connectivity index (χ1v) is 8.36. The van der Waals surface area contributed by atoms with Gasteiger partial charge in [-0.25, -0.2) is 4.98 Å². The minimum atomic E-state index is -0.0112. The smallest absolute Gasteiger partial charge is 0.246 e. The number of aromatic nitrogens is 1. The normalized spacial score (nSPS) is 25.8. The number of nitrogens with zero attached hydrogens (tertiary/aromatic N) is 2.